The molecule has 1 aromatic heterocycles. The Hall–Kier alpha value is -5.32. The summed E-state index contributed by atoms with van der Waals surface area (Å²) in [5.41, 5.74) is 2.26. The minimum atomic E-state index is -1.24. The summed E-state index contributed by atoms with van der Waals surface area (Å²) in [4.78, 5) is 67.3. The molecule has 5 rings (SSSR count). The number of benzene rings is 2. The molecule has 16 nitrogen and oxygen atoms in total. The van der Waals surface area contributed by atoms with Crippen LogP contribution in [0.15, 0.2) is 60.8 Å². The molecule has 0 radical (unpaired) electrons. The number of nitrogens with one attached hydrogen (secondary N) is 2. The number of carbonyl (C=O) groups is 5. The summed E-state index contributed by atoms with van der Waals surface area (Å²) in [6, 6.07) is 12.2. The number of rotatable bonds is 16. The average molecular weight is 879 g/mol. The largest absolute Gasteiger partial charge is 0.495 e. The maximum absolute atomic E-state index is 13.8. The van der Waals surface area contributed by atoms with Crippen LogP contribution in [0.1, 0.15) is 88.8 Å². The number of carboxylic acid groups (broad SMARTS) is 1. The lowest BCUT2D eigenvalue weighted by Crippen LogP contribution is -2.51. The molecular formula is C45H59ClN6O10. The van der Waals surface area contributed by atoms with Gasteiger partial charge in [0.2, 0.25) is 11.8 Å². The zero-order chi connectivity index (χ0) is 45.1. The minimum absolute atomic E-state index is 0.0168. The highest BCUT2D eigenvalue weighted by molar-refractivity contribution is 6.32. The lowest BCUT2D eigenvalue weighted by Gasteiger charge is -2.29. The van der Waals surface area contributed by atoms with Crippen molar-refractivity contribution in [2.24, 2.45) is 17.3 Å². The lowest BCUT2D eigenvalue weighted by atomic mass is 9.92. The number of cyclic esters (lactones) is 2. The molecule has 2 aliphatic heterocycles. The van der Waals surface area contributed by atoms with E-state index in [1.54, 1.807) is 42.8 Å². The van der Waals surface area contributed by atoms with E-state index in [1.165, 1.54) is 13.2 Å². The number of aliphatic carboxylic acids is 1. The molecule has 1 saturated heterocycles. The van der Waals surface area contributed by atoms with Gasteiger partial charge in [-0.3, -0.25) is 28.8 Å². The van der Waals surface area contributed by atoms with Crippen molar-refractivity contribution in [2.75, 3.05) is 20.7 Å². The van der Waals surface area contributed by atoms with Gasteiger partial charge in [0.25, 0.3) is 0 Å². The van der Waals surface area contributed by atoms with Crippen LogP contribution in [0.4, 0.5) is 0 Å². The van der Waals surface area contributed by atoms with E-state index in [4.69, 9.17) is 35.7 Å². The van der Waals surface area contributed by atoms with Gasteiger partial charge in [0.15, 0.2) is 6.10 Å². The maximum Gasteiger partial charge on any atom is 0.347 e. The number of amides is 2. The van der Waals surface area contributed by atoms with Crippen LogP contribution in [0.3, 0.4) is 0 Å². The van der Waals surface area contributed by atoms with Crippen LogP contribution in [-0.2, 0) is 64.2 Å². The molecule has 62 heavy (non-hydrogen) atoms. The normalized spacial score (nSPS) is 22.7. The van der Waals surface area contributed by atoms with Crippen LogP contribution in [0.5, 0.6) is 5.75 Å². The average Bonchev–Trinajstić information content (AvgIpc) is 3.89. The molecule has 0 aliphatic carbocycles. The fourth-order valence-electron chi connectivity index (χ4n) is 7.19. The minimum Gasteiger partial charge on any atom is -0.495 e. The molecule has 336 valence electrons. The highest BCUT2D eigenvalue weighted by atomic mass is 35.5. The summed E-state index contributed by atoms with van der Waals surface area (Å²) in [6.07, 6.45) is 3.27. The number of hydrogen-bond donors (Lipinski definition) is 3. The van der Waals surface area contributed by atoms with Gasteiger partial charge >= 0.3 is 17.9 Å². The number of methoxy groups -OCH3 is 1. The van der Waals surface area contributed by atoms with Gasteiger partial charge in [0.05, 0.1) is 29.3 Å². The molecule has 3 aromatic rings. The van der Waals surface area contributed by atoms with Gasteiger partial charge < -0.3 is 34.7 Å². The summed E-state index contributed by atoms with van der Waals surface area (Å²) in [5.74, 6) is -3.14. The van der Waals surface area contributed by atoms with Gasteiger partial charge in [-0.15, -0.1) is 5.10 Å². The Labute approximate surface area is 367 Å². The predicted octanol–water partition coefficient (Wildman–Crippen LogP) is 5.21. The molecule has 2 aromatic carbocycles. The Balaban J connectivity index is 1.28. The summed E-state index contributed by atoms with van der Waals surface area (Å²) < 4.78 is 25.1. The van der Waals surface area contributed by atoms with E-state index in [-0.39, 0.29) is 56.3 Å². The van der Waals surface area contributed by atoms with Crippen molar-refractivity contribution < 1.29 is 48.0 Å². The Morgan fingerprint density at radius 2 is 1.79 bits per heavy atom. The van der Waals surface area contributed by atoms with Gasteiger partial charge in [-0.25, -0.2) is 4.79 Å². The van der Waals surface area contributed by atoms with E-state index in [1.807, 2.05) is 58.3 Å². The molecule has 3 heterocycles. The quantitative estimate of drug-likeness (QED) is 0.125. The number of esters is 2. The van der Waals surface area contributed by atoms with Crippen molar-refractivity contribution in [3.8, 4) is 5.75 Å². The molecule has 2 amide bonds. The fraction of sp³-hybridized carbons (Fsp3) is 0.533. The zero-order valence-electron chi connectivity index (χ0n) is 36.5. The highest BCUT2D eigenvalue weighted by Gasteiger charge is 2.48. The van der Waals surface area contributed by atoms with Crippen molar-refractivity contribution in [3.63, 3.8) is 0 Å². The molecule has 0 spiro atoms. The number of carbonyl (C=O) groups excluding carboxylic acids is 4. The Kier molecular flexibility index (Phi) is 16.7. The highest BCUT2D eigenvalue weighted by Crippen LogP contribution is 2.45. The Bertz CT molecular complexity index is 2070. The number of halogens is 1. The smallest absolute Gasteiger partial charge is 0.347 e. The van der Waals surface area contributed by atoms with E-state index >= 15 is 0 Å². The second-order valence-electron chi connectivity index (χ2n) is 17.2. The number of carboxylic acids is 1. The molecule has 0 unspecified atom stereocenters. The monoisotopic (exact) mass is 878 g/mol. The summed E-state index contributed by atoms with van der Waals surface area (Å²) in [5, 5.41) is 23.1. The Morgan fingerprint density at radius 3 is 2.47 bits per heavy atom. The van der Waals surface area contributed by atoms with Crippen molar-refractivity contribution >= 4 is 41.3 Å². The third kappa shape index (κ3) is 13.8. The van der Waals surface area contributed by atoms with Crippen LogP contribution in [-0.4, -0.2) is 99.8 Å². The number of ether oxygens (including phenoxy) is 4. The van der Waals surface area contributed by atoms with Crippen LogP contribution in [0, 0.1) is 17.3 Å². The summed E-state index contributed by atoms with van der Waals surface area (Å²) >= 11 is 6.36. The maximum atomic E-state index is 13.8. The standard InChI is InChI=1S/C45H59ClN6O10/c1-27(2)20-37-43(57)60-35(10-8-11-38(53)48-34(22-30-15-18-36(59-7)33(46)21-30)42(56)47-26-45(4,5)44(58)61-37)28(3)40-41(62-40)31-16-13-29(14-17-31)23-51(6)24-32-25-52(50-49-32)19-9-12-39(54)55/h8,11,13-18,21,25,27-28,34-35,37,40-41H,9-10,12,19-20,22-24,26H2,1-7H3,(H,47,56)(H,48,53)(H,54,55)/t28-,34+,35-,37-,40+,41+/m0/s1. The van der Waals surface area contributed by atoms with Gasteiger partial charge in [0.1, 0.15) is 24.0 Å². The summed E-state index contributed by atoms with van der Waals surface area (Å²) in [7, 11) is 3.48. The second-order valence-corrected chi connectivity index (χ2v) is 17.6. The second kappa shape index (κ2) is 21.7. The first-order chi connectivity index (χ1) is 29.4. The topological polar surface area (TPSA) is 204 Å². The van der Waals surface area contributed by atoms with Gasteiger partial charge in [-0.05, 0) is 74.6 Å². The molecule has 2 aliphatic rings. The van der Waals surface area contributed by atoms with E-state index in [2.05, 4.69) is 25.8 Å². The number of nitrogens with zero attached hydrogens (tertiary/aromatic N) is 4. The van der Waals surface area contributed by atoms with Crippen molar-refractivity contribution in [3.05, 3.63) is 88.2 Å². The fourth-order valence-corrected chi connectivity index (χ4v) is 7.47. The molecule has 0 bridgehead atoms. The Morgan fingerprint density at radius 1 is 1.06 bits per heavy atom. The van der Waals surface area contributed by atoms with Crippen molar-refractivity contribution in [1.29, 1.82) is 0 Å². The van der Waals surface area contributed by atoms with E-state index in [0.29, 0.717) is 42.4 Å². The molecular weight excluding hydrogens is 820 g/mol. The van der Waals surface area contributed by atoms with Crippen molar-refractivity contribution in [1.82, 2.24) is 30.5 Å². The third-order valence-corrected chi connectivity index (χ3v) is 11.1. The molecule has 1 fully saturated rings. The van der Waals surface area contributed by atoms with E-state index in [0.717, 1.165) is 16.8 Å². The van der Waals surface area contributed by atoms with Crippen LogP contribution < -0.4 is 15.4 Å². The van der Waals surface area contributed by atoms with Crippen LogP contribution in [0.2, 0.25) is 5.02 Å². The van der Waals surface area contributed by atoms with Gasteiger partial charge in [0, 0.05) is 57.6 Å². The SMILES string of the molecule is COc1ccc(C[C@H]2NC(=O)C=CC[C@@H]([C@H](C)[C@H]3O[C@@H]3c3ccc(CN(C)Cc4cn(CCCC(=O)O)nn4)cc3)OC(=O)[C@H](CC(C)C)OC(=O)C(C)(C)CNC2=O)cc1Cl. The van der Waals surface area contributed by atoms with Crippen LogP contribution >= 0.6 is 11.6 Å². The first-order valence-corrected chi connectivity index (χ1v) is 21.3. The first kappa shape index (κ1) is 47.7. The first-order valence-electron chi connectivity index (χ1n) is 20.9. The van der Waals surface area contributed by atoms with E-state index < -0.39 is 53.4 Å². The third-order valence-electron chi connectivity index (χ3n) is 10.8. The summed E-state index contributed by atoms with van der Waals surface area (Å²) in [6.45, 7) is 10.5. The zero-order valence-corrected chi connectivity index (χ0v) is 37.2. The number of hydrogen-bond acceptors (Lipinski definition) is 12. The number of aromatic nitrogens is 3. The van der Waals surface area contributed by atoms with Gasteiger partial charge in [-0.2, -0.15) is 0 Å². The van der Waals surface area contributed by atoms with Crippen LogP contribution in [0.25, 0.3) is 0 Å². The van der Waals surface area contributed by atoms with Crippen molar-refractivity contribution in [2.45, 2.75) is 117 Å². The molecule has 0 saturated carbocycles. The van der Waals surface area contributed by atoms with E-state index in [9.17, 15) is 24.0 Å². The molecule has 3 N–H and O–H groups in total. The molecule has 17 heteroatoms. The number of aryl methyl sites for hydroxylation is 1. The van der Waals surface area contributed by atoms with Gasteiger partial charge in [-0.1, -0.05) is 74.0 Å². The predicted molar refractivity (Wildman–Crippen MR) is 229 cm³/mol. The molecule has 6 atom stereocenters. The number of epoxide rings is 1. The lowest BCUT2D eigenvalue weighted by molar-refractivity contribution is -0.179.